The zero-order valence-corrected chi connectivity index (χ0v) is 12.2. The minimum absolute atomic E-state index is 0.190. The number of esters is 1. The standard InChI is InChI=1S/C12H18N6O3/c1-4-21-12(20)10-15-8(6-18(10)3)16-11(19)9-14-7(13)5-17(9)2/h5,8H,4,6,13H2,1-3H3,(H,16,19). The van der Waals surface area contributed by atoms with E-state index < -0.39 is 18.0 Å². The third-order valence-corrected chi connectivity index (χ3v) is 2.94. The Kier molecular flexibility index (Phi) is 4.10. The van der Waals surface area contributed by atoms with Gasteiger partial charge in [0.1, 0.15) is 12.0 Å². The van der Waals surface area contributed by atoms with Crippen molar-refractivity contribution >= 4 is 23.5 Å². The lowest BCUT2D eigenvalue weighted by atomic mass is 10.4. The van der Waals surface area contributed by atoms with E-state index in [9.17, 15) is 9.59 Å². The molecule has 0 aromatic carbocycles. The van der Waals surface area contributed by atoms with Gasteiger partial charge in [-0.05, 0) is 6.92 Å². The fraction of sp³-hybridized carbons (Fsp3) is 0.500. The van der Waals surface area contributed by atoms with Crippen LogP contribution in [0.5, 0.6) is 0 Å². The number of rotatable bonds is 4. The Hall–Kier alpha value is -2.58. The minimum Gasteiger partial charge on any atom is -0.460 e. The minimum atomic E-state index is -0.528. The second kappa shape index (κ2) is 5.81. The molecular weight excluding hydrogens is 276 g/mol. The highest BCUT2D eigenvalue weighted by molar-refractivity contribution is 6.35. The lowest BCUT2D eigenvalue weighted by Gasteiger charge is -2.13. The number of hydrogen-bond donors (Lipinski definition) is 2. The average molecular weight is 294 g/mol. The number of nitrogen functional groups attached to an aromatic ring is 1. The van der Waals surface area contributed by atoms with Crippen LogP contribution in [0.4, 0.5) is 5.82 Å². The number of nitrogens with one attached hydrogen (secondary N) is 1. The van der Waals surface area contributed by atoms with Crippen molar-refractivity contribution in [2.45, 2.75) is 13.1 Å². The van der Waals surface area contributed by atoms with Gasteiger partial charge in [-0.1, -0.05) is 0 Å². The van der Waals surface area contributed by atoms with E-state index in [-0.39, 0.29) is 24.1 Å². The summed E-state index contributed by atoms with van der Waals surface area (Å²) in [7, 11) is 3.38. The van der Waals surface area contributed by atoms with Crippen LogP contribution in [-0.2, 0) is 16.6 Å². The van der Waals surface area contributed by atoms with Crippen molar-refractivity contribution in [3.8, 4) is 0 Å². The van der Waals surface area contributed by atoms with Gasteiger partial charge in [0, 0.05) is 20.3 Å². The van der Waals surface area contributed by atoms with E-state index in [1.54, 1.807) is 32.1 Å². The van der Waals surface area contributed by atoms with Gasteiger partial charge < -0.3 is 25.3 Å². The predicted molar refractivity (Wildman–Crippen MR) is 75.6 cm³/mol. The van der Waals surface area contributed by atoms with Gasteiger partial charge in [0.15, 0.2) is 0 Å². The summed E-state index contributed by atoms with van der Waals surface area (Å²) in [5, 5.41) is 2.69. The van der Waals surface area contributed by atoms with Gasteiger partial charge in [-0.15, -0.1) is 0 Å². The average Bonchev–Trinajstić information content (AvgIpc) is 2.92. The van der Waals surface area contributed by atoms with Crippen LogP contribution in [0, 0.1) is 0 Å². The molecule has 1 aromatic rings. The number of likely N-dealkylation sites (N-methyl/N-ethyl adjacent to an activating group) is 1. The first-order valence-electron chi connectivity index (χ1n) is 6.48. The predicted octanol–water partition coefficient (Wildman–Crippen LogP) is -1.03. The number of amides is 1. The Morgan fingerprint density at radius 2 is 2.24 bits per heavy atom. The van der Waals surface area contributed by atoms with Crippen LogP contribution >= 0.6 is 0 Å². The molecule has 21 heavy (non-hydrogen) atoms. The SMILES string of the molecule is CCOC(=O)C1=NC(NC(=O)c2nc(N)cn2C)CN1C. The second-order valence-electron chi connectivity index (χ2n) is 4.64. The summed E-state index contributed by atoms with van der Waals surface area (Å²) in [5.41, 5.74) is 5.53. The quantitative estimate of drug-likeness (QED) is 0.686. The molecule has 0 fully saturated rings. The number of amidine groups is 1. The number of aliphatic imine (C=N–C) groups is 1. The molecule has 9 nitrogen and oxygen atoms in total. The summed E-state index contributed by atoms with van der Waals surface area (Å²) in [4.78, 5) is 33.5. The number of ether oxygens (including phenoxy) is 1. The first-order chi connectivity index (χ1) is 9.92. The van der Waals surface area contributed by atoms with Gasteiger partial charge in [-0.3, -0.25) is 4.79 Å². The summed E-state index contributed by atoms with van der Waals surface area (Å²) >= 11 is 0. The molecule has 1 atom stereocenters. The van der Waals surface area contributed by atoms with Gasteiger partial charge in [-0.25, -0.2) is 14.8 Å². The van der Waals surface area contributed by atoms with Crippen molar-refractivity contribution in [2.75, 3.05) is 25.9 Å². The molecule has 1 aliphatic rings. The highest BCUT2D eigenvalue weighted by Crippen LogP contribution is 2.08. The molecule has 1 aromatic heterocycles. The van der Waals surface area contributed by atoms with Crippen LogP contribution in [-0.4, -0.2) is 58.5 Å². The number of aryl methyl sites for hydroxylation is 1. The molecule has 1 aliphatic heterocycles. The largest absolute Gasteiger partial charge is 0.460 e. The Bertz CT molecular complexity index is 594. The van der Waals surface area contributed by atoms with Gasteiger partial charge in [0.25, 0.3) is 5.91 Å². The zero-order valence-electron chi connectivity index (χ0n) is 12.2. The summed E-state index contributed by atoms with van der Waals surface area (Å²) in [5.74, 6) is -0.252. The Labute approximate surface area is 121 Å². The normalized spacial score (nSPS) is 17.6. The van der Waals surface area contributed by atoms with Crippen molar-refractivity contribution < 1.29 is 14.3 Å². The maximum absolute atomic E-state index is 12.1. The van der Waals surface area contributed by atoms with E-state index in [0.29, 0.717) is 6.54 Å². The molecule has 2 heterocycles. The molecule has 114 valence electrons. The van der Waals surface area contributed by atoms with Gasteiger partial charge in [0.05, 0.1) is 13.2 Å². The van der Waals surface area contributed by atoms with Crippen LogP contribution in [0.3, 0.4) is 0 Å². The summed E-state index contributed by atoms with van der Waals surface area (Å²) in [6.07, 6.45) is 1.02. The Morgan fingerprint density at radius 1 is 1.52 bits per heavy atom. The molecular formula is C12H18N6O3. The number of anilines is 1. The van der Waals surface area contributed by atoms with Crippen molar-refractivity contribution in [3.63, 3.8) is 0 Å². The third kappa shape index (κ3) is 3.12. The molecule has 0 saturated carbocycles. The first-order valence-corrected chi connectivity index (χ1v) is 6.48. The molecule has 0 bridgehead atoms. The van der Waals surface area contributed by atoms with E-state index in [2.05, 4.69) is 15.3 Å². The van der Waals surface area contributed by atoms with Crippen molar-refractivity contribution in [1.29, 1.82) is 0 Å². The van der Waals surface area contributed by atoms with Crippen molar-refractivity contribution in [2.24, 2.45) is 12.0 Å². The molecule has 0 spiro atoms. The van der Waals surface area contributed by atoms with Gasteiger partial charge in [-0.2, -0.15) is 0 Å². The molecule has 0 aliphatic carbocycles. The molecule has 9 heteroatoms. The molecule has 1 amide bonds. The smallest absolute Gasteiger partial charge is 0.373 e. The van der Waals surface area contributed by atoms with E-state index in [0.717, 1.165) is 0 Å². The molecule has 2 rings (SSSR count). The Balaban J connectivity index is 2.06. The monoisotopic (exact) mass is 294 g/mol. The van der Waals surface area contributed by atoms with Crippen LogP contribution in [0.25, 0.3) is 0 Å². The van der Waals surface area contributed by atoms with Gasteiger partial charge >= 0.3 is 5.97 Å². The number of hydrogen-bond acceptors (Lipinski definition) is 7. The number of nitrogens with zero attached hydrogens (tertiary/aromatic N) is 4. The van der Waals surface area contributed by atoms with Crippen LogP contribution in [0.2, 0.25) is 0 Å². The molecule has 0 saturated heterocycles. The highest BCUT2D eigenvalue weighted by Gasteiger charge is 2.29. The van der Waals surface area contributed by atoms with E-state index in [1.165, 1.54) is 4.57 Å². The van der Waals surface area contributed by atoms with E-state index >= 15 is 0 Å². The fourth-order valence-electron chi connectivity index (χ4n) is 2.03. The van der Waals surface area contributed by atoms with Crippen LogP contribution in [0.1, 0.15) is 17.5 Å². The fourth-order valence-corrected chi connectivity index (χ4v) is 2.03. The second-order valence-corrected chi connectivity index (χ2v) is 4.64. The molecule has 3 N–H and O–H groups in total. The maximum Gasteiger partial charge on any atom is 0.373 e. The Morgan fingerprint density at radius 3 is 2.81 bits per heavy atom. The number of carbonyl (C=O) groups is 2. The highest BCUT2D eigenvalue weighted by atomic mass is 16.5. The van der Waals surface area contributed by atoms with Crippen LogP contribution < -0.4 is 11.1 Å². The lowest BCUT2D eigenvalue weighted by molar-refractivity contribution is -0.135. The zero-order chi connectivity index (χ0) is 15.6. The lowest BCUT2D eigenvalue weighted by Crippen LogP contribution is -2.38. The number of nitrogens with two attached hydrogens (primary N) is 1. The van der Waals surface area contributed by atoms with Crippen molar-refractivity contribution in [3.05, 3.63) is 12.0 Å². The summed E-state index contributed by atoms with van der Waals surface area (Å²) in [6, 6.07) is 0. The van der Waals surface area contributed by atoms with E-state index in [1.807, 2.05) is 0 Å². The molecule has 1 unspecified atom stereocenters. The maximum atomic E-state index is 12.1. The van der Waals surface area contributed by atoms with E-state index in [4.69, 9.17) is 10.5 Å². The number of aromatic nitrogens is 2. The molecule has 0 radical (unpaired) electrons. The first kappa shape index (κ1) is 14.8. The number of imidazole rings is 1. The summed E-state index contributed by atoms with van der Waals surface area (Å²) < 4.78 is 6.43. The topological polar surface area (TPSA) is 115 Å². The third-order valence-electron chi connectivity index (χ3n) is 2.94. The summed E-state index contributed by atoms with van der Waals surface area (Å²) in [6.45, 7) is 2.38. The number of carbonyl (C=O) groups excluding carboxylic acids is 2. The van der Waals surface area contributed by atoms with Gasteiger partial charge in [0.2, 0.25) is 11.7 Å². The van der Waals surface area contributed by atoms with Crippen LogP contribution in [0.15, 0.2) is 11.2 Å². The van der Waals surface area contributed by atoms with Crippen molar-refractivity contribution in [1.82, 2.24) is 19.8 Å².